The number of carbonyl (C=O) groups excluding carboxylic acids is 2. The van der Waals surface area contributed by atoms with E-state index in [1.54, 1.807) is 4.90 Å². The summed E-state index contributed by atoms with van der Waals surface area (Å²) in [6.45, 7) is 3.08. The molecule has 2 heterocycles. The van der Waals surface area contributed by atoms with Gasteiger partial charge in [-0.15, -0.1) is 0 Å². The second-order valence-electron chi connectivity index (χ2n) is 6.42. The highest BCUT2D eigenvalue weighted by molar-refractivity contribution is 5.95. The van der Waals surface area contributed by atoms with Crippen molar-refractivity contribution in [3.05, 3.63) is 24.3 Å². The summed E-state index contributed by atoms with van der Waals surface area (Å²) in [5.74, 6) is -0.0422. The SMILES string of the molecule is O=C(CN1CCCC1=O)Nc1ccc(N2CCCCCC2)cc1. The van der Waals surface area contributed by atoms with Gasteiger partial charge in [0.05, 0.1) is 6.54 Å². The van der Waals surface area contributed by atoms with Crippen LogP contribution in [0, 0.1) is 0 Å². The van der Waals surface area contributed by atoms with E-state index in [0.717, 1.165) is 25.2 Å². The maximum absolute atomic E-state index is 12.0. The highest BCUT2D eigenvalue weighted by Crippen LogP contribution is 2.21. The van der Waals surface area contributed by atoms with Crippen molar-refractivity contribution < 1.29 is 9.59 Å². The maximum Gasteiger partial charge on any atom is 0.243 e. The van der Waals surface area contributed by atoms with E-state index >= 15 is 0 Å². The van der Waals surface area contributed by atoms with Gasteiger partial charge in [-0.3, -0.25) is 9.59 Å². The largest absolute Gasteiger partial charge is 0.372 e. The normalized spacial score (nSPS) is 18.9. The van der Waals surface area contributed by atoms with Crippen molar-refractivity contribution in [2.24, 2.45) is 0 Å². The van der Waals surface area contributed by atoms with E-state index in [2.05, 4.69) is 22.3 Å². The van der Waals surface area contributed by atoms with Gasteiger partial charge in [0, 0.05) is 37.4 Å². The van der Waals surface area contributed by atoms with Gasteiger partial charge in [-0.25, -0.2) is 0 Å². The fraction of sp³-hybridized carbons (Fsp3) is 0.556. The Morgan fingerprint density at radius 1 is 0.957 bits per heavy atom. The molecule has 0 unspecified atom stereocenters. The molecule has 1 aromatic carbocycles. The van der Waals surface area contributed by atoms with Crippen LogP contribution in [0.2, 0.25) is 0 Å². The minimum atomic E-state index is -0.122. The van der Waals surface area contributed by atoms with Crippen molar-refractivity contribution in [3.8, 4) is 0 Å². The molecule has 0 radical (unpaired) electrons. The van der Waals surface area contributed by atoms with Gasteiger partial charge in [-0.2, -0.15) is 0 Å². The Balaban J connectivity index is 1.54. The molecule has 2 aliphatic heterocycles. The molecule has 0 aromatic heterocycles. The van der Waals surface area contributed by atoms with Crippen molar-refractivity contribution in [2.75, 3.05) is 36.4 Å². The van der Waals surface area contributed by atoms with E-state index < -0.39 is 0 Å². The van der Waals surface area contributed by atoms with Crippen LogP contribution in [0.5, 0.6) is 0 Å². The van der Waals surface area contributed by atoms with Crippen LogP contribution in [0.25, 0.3) is 0 Å². The summed E-state index contributed by atoms with van der Waals surface area (Å²) in [4.78, 5) is 27.6. The summed E-state index contributed by atoms with van der Waals surface area (Å²) >= 11 is 0. The van der Waals surface area contributed by atoms with Gasteiger partial charge in [0.1, 0.15) is 0 Å². The number of anilines is 2. The molecule has 124 valence electrons. The predicted molar refractivity (Wildman–Crippen MR) is 91.6 cm³/mol. The van der Waals surface area contributed by atoms with Gasteiger partial charge < -0.3 is 15.1 Å². The van der Waals surface area contributed by atoms with Gasteiger partial charge in [-0.1, -0.05) is 12.8 Å². The van der Waals surface area contributed by atoms with Crippen molar-refractivity contribution in [1.82, 2.24) is 4.90 Å². The first-order valence-electron chi connectivity index (χ1n) is 8.65. The summed E-state index contributed by atoms with van der Waals surface area (Å²) < 4.78 is 0. The summed E-state index contributed by atoms with van der Waals surface area (Å²) in [5.41, 5.74) is 2.01. The van der Waals surface area contributed by atoms with Crippen LogP contribution in [0.15, 0.2) is 24.3 Å². The van der Waals surface area contributed by atoms with Crippen molar-refractivity contribution in [2.45, 2.75) is 38.5 Å². The molecule has 1 aromatic rings. The number of benzene rings is 1. The summed E-state index contributed by atoms with van der Waals surface area (Å²) in [5, 5.41) is 2.88. The molecule has 5 heteroatoms. The fourth-order valence-corrected chi connectivity index (χ4v) is 3.33. The topological polar surface area (TPSA) is 52.7 Å². The molecule has 0 saturated carbocycles. The molecule has 0 aliphatic carbocycles. The lowest BCUT2D eigenvalue weighted by molar-refractivity contribution is -0.131. The zero-order valence-corrected chi connectivity index (χ0v) is 13.6. The quantitative estimate of drug-likeness (QED) is 0.929. The highest BCUT2D eigenvalue weighted by atomic mass is 16.2. The molecule has 3 rings (SSSR count). The number of hydrogen-bond acceptors (Lipinski definition) is 3. The van der Waals surface area contributed by atoms with Gasteiger partial charge in [0.15, 0.2) is 0 Å². The average molecular weight is 315 g/mol. The van der Waals surface area contributed by atoms with Crippen LogP contribution in [-0.2, 0) is 9.59 Å². The molecule has 2 amide bonds. The second kappa shape index (κ2) is 7.49. The van der Waals surface area contributed by atoms with Gasteiger partial charge in [0.25, 0.3) is 0 Å². The lowest BCUT2D eigenvalue weighted by Gasteiger charge is -2.23. The summed E-state index contributed by atoms with van der Waals surface area (Å²) in [7, 11) is 0. The first-order valence-corrected chi connectivity index (χ1v) is 8.65. The Morgan fingerprint density at radius 3 is 2.26 bits per heavy atom. The Bertz CT molecular complexity index is 548. The standard InChI is InChI=1S/C18H25N3O2/c22-17(14-21-13-5-6-18(21)23)19-15-7-9-16(10-8-15)20-11-3-1-2-4-12-20/h7-10H,1-6,11-14H2,(H,19,22). The summed E-state index contributed by atoms with van der Waals surface area (Å²) in [6, 6.07) is 8.04. The Hall–Kier alpha value is -2.04. The molecular weight excluding hydrogens is 290 g/mol. The number of hydrogen-bond donors (Lipinski definition) is 1. The van der Waals surface area contributed by atoms with Gasteiger partial charge in [-0.05, 0) is 43.5 Å². The minimum Gasteiger partial charge on any atom is -0.372 e. The van der Waals surface area contributed by atoms with Crippen molar-refractivity contribution >= 4 is 23.2 Å². The monoisotopic (exact) mass is 315 g/mol. The number of carbonyl (C=O) groups is 2. The Kier molecular flexibility index (Phi) is 5.16. The zero-order chi connectivity index (χ0) is 16.1. The van der Waals surface area contributed by atoms with E-state index in [4.69, 9.17) is 0 Å². The maximum atomic E-state index is 12.0. The lowest BCUT2D eigenvalue weighted by Crippen LogP contribution is -2.33. The van der Waals surface area contributed by atoms with Crippen LogP contribution in [0.4, 0.5) is 11.4 Å². The molecular formula is C18H25N3O2. The van der Waals surface area contributed by atoms with Crippen LogP contribution in [0.1, 0.15) is 38.5 Å². The number of nitrogens with zero attached hydrogens (tertiary/aromatic N) is 2. The Morgan fingerprint density at radius 2 is 1.65 bits per heavy atom. The third-order valence-electron chi connectivity index (χ3n) is 4.63. The third kappa shape index (κ3) is 4.24. The molecule has 2 saturated heterocycles. The number of nitrogens with one attached hydrogen (secondary N) is 1. The van der Waals surface area contributed by atoms with Crippen molar-refractivity contribution in [1.29, 1.82) is 0 Å². The third-order valence-corrected chi connectivity index (χ3v) is 4.63. The lowest BCUT2D eigenvalue weighted by atomic mass is 10.2. The Labute approximate surface area is 137 Å². The van der Waals surface area contributed by atoms with Crippen molar-refractivity contribution in [3.63, 3.8) is 0 Å². The number of amides is 2. The number of likely N-dealkylation sites (tertiary alicyclic amines) is 1. The second-order valence-corrected chi connectivity index (χ2v) is 6.42. The molecule has 1 N–H and O–H groups in total. The van der Waals surface area contributed by atoms with Crippen LogP contribution < -0.4 is 10.2 Å². The highest BCUT2D eigenvalue weighted by Gasteiger charge is 2.22. The predicted octanol–water partition coefficient (Wildman–Crippen LogP) is 2.63. The first kappa shape index (κ1) is 15.8. The molecule has 0 spiro atoms. The molecule has 5 nitrogen and oxygen atoms in total. The smallest absolute Gasteiger partial charge is 0.243 e. The number of rotatable bonds is 4. The van der Waals surface area contributed by atoms with E-state index in [1.807, 2.05) is 12.1 Å². The van der Waals surface area contributed by atoms with Crippen LogP contribution >= 0.6 is 0 Å². The first-order chi connectivity index (χ1) is 11.2. The molecule has 2 aliphatic rings. The van der Waals surface area contributed by atoms with Gasteiger partial charge >= 0.3 is 0 Å². The van der Waals surface area contributed by atoms with E-state index in [1.165, 1.54) is 31.4 Å². The molecule has 2 fully saturated rings. The van der Waals surface area contributed by atoms with Crippen LogP contribution in [0.3, 0.4) is 0 Å². The minimum absolute atomic E-state index is 0.0802. The van der Waals surface area contributed by atoms with E-state index in [-0.39, 0.29) is 18.4 Å². The zero-order valence-electron chi connectivity index (χ0n) is 13.6. The molecule has 0 bridgehead atoms. The van der Waals surface area contributed by atoms with E-state index in [9.17, 15) is 9.59 Å². The van der Waals surface area contributed by atoms with Crippen LogP contribution in [-0.4, -0.2) is 42.9 Å². The summed E-state index contributed by atoms with van der Waals surface area (Å²) in [6.07, 6.45) is 6.57. The fourth-order valence-electron chi connectivity index (χ4n) is 3.33. The molecule has 0 atom stereocenters. The molecule has 23 heavy (non-hydrogen) atoms. The van der Waals surface area contributed by atoms with Gasteiger partial charge in [0.2, 0.25) is 11.8 Å². The van der Waals surface area contributed by atoms with E-state index in [0.29, 0.717) is 13.0 Å². The average Bonchev–Trinajstić information content (AvgIpc) is 2.79.